The van der Waals surface area contributed by atoms with Crippen LogP contribution in [0.25, 0.3) is 0 Å². The number of hydrogen-bond acceptors (Lipinski definition) is 4. The Balaban J connectivity index is 2.13. The number of benzene rings is 1. The summed E-state index contributed by atoms with van der Waals surface area (Å²) in [6, 6.07) is 3.56. The number of carbonyl (C=O) groups is 2. The number of esters is 1. The fourth-order valence-corrected chi connectivity index (χ4v) is 2.27. The summed E-state index contributed by atoms with van der Waals surface area (Å²) in [7, 11) is 1.18. The first-order valence-corrected chi connectivity index (χ1v) is 6.45. The van der Waals surface area contributed by atoms with Gasteiger partial charge in [-0.05, 0) is 37.1 Å². The molecule has 2 N–H and O–H groups in total. The molecule has 5 nitrogen and oxygen atoms in total. The van der Waals surface area contributed by atoms with Crippen LogP contribution in [-0.2, 0) is 9.53 Å². The first-order chi connectivity index (χ1) is 9.52. The summed E-state index contributed by atoms with van der Waals surface area (Å²) in [5, 5.41) is 5.79. The summed E-state index contributed by atoms with van der Waals surface area (Å²) < 4.78 is 18.0. The molecule has 2 atom stereocenters. The summed E-state index contributed by atoms with van der Waals surface area (Å²) in [4.78, 5) is 23.5. The number of methoxy groups -OCH3 is 1. The molecule has 1 amide bonds. The highest BCUT2D eigenvalue weighted by Gasteiger charge is 2.29. The van der Waals surface area contributed by atoms with Crippen LogP contribution in [0.1, 0.15) is 23.7 Å². The summed E-state index contributed by atoms with van der Waals surface area (Å²) in [5.41, 5.74) is 0.176. The van der Waals surface area contributed by atoms with Crippen molar-refractivity contribution in [3.8, 4) is 0 Å². The maximum atomic E-state index is 13.5. The third kappa shape index (κ3) is 2.96. The van der Waals surface area contributed by atoms with Crippen molar-refractivity contribution in [1.82, 2.24) is 5.32 Å². The molecule has 0 radical (unpaired) electrons. The first kappa shape index (κ1) is 14.5. The molecule has 1 fully saturated rings. The lowest BCUT2D eigenvalue weighted by Crippen LogP contribution is -2.39. The molecule has 0 saturated carbocycles. The van der Waals surface area contributed by atoms with Gasteiger partial charge in [0.1, 0.15) is 5.82 Å². The van der Waals surface area contributed by atoms with Crippen LogP contribution in [0.2, 0.25) is 0 Å². The number of hydrogen-bond donors (Lipinski definition) is 2. The van der Waals surface area contributed by atoms with E-state index < -0.39 is 11.8 Å². The number of ether oxygens (including phenoxy) is 1. The maximum absolute atomic E-state index is 13.5. The van der Waals surface area contributed by atoms with E-state index in [2.05, 4.69) is 15.4 Å². The fourth-order valence-electron chi connectivity index (χ4n) is 2.27. The van der Waals surface area contributed by atoms with Crippen molar-refractivity contribution in [2.24, 2.45) is 5.92 Å². The van der Waals surface area contributed by atoms with Crippen molar-refractivity contribution in [2.75, 3.05) is 19.0 Å². The van der Waals surface area contributed by atoms with E-state index in [1.165, 1.54) is 19.2 Å². The van der Waals surface area contributed by atoms with Gasteiger partial charge in [-0.2, -0.15) is 0 Å². The van der Waals surface area contributed by atoms with Gasteiger partial charge in [0, 0.05) is 5.69 Å². The highest BCUT2D eigenvalue weighted by Crippen LogP contribution is 2.19. The van der Waals surface area contributed by atoms with Crippen LogP contribution in [0.3, 0.4) is 0 Å². The molecule has 0 bridgehead atoms. The highest BCUT2D eigenvalue weighted by molar-refractivity contribution is 5.97. The van der Waals surface area contributed by atoms with E-state index in [0.29, 0.717) is 5.69 Å². The van der Waals surface area contributed by atoms with Crippen LogP contribution in [-0.4, -0.2) is 31.6 Å². The van der Waals surface area contributed by atoms with E-state index in [1.807, 2.05) is 6.92 Å². The Hall–Kier alpha value is -1.95. The summed E-state index contributed by atoms with van der Waals surface area (Å²) in [6.07, 6.45) is 0.939. The molecule has 1 saturated heterocycles. The number of halogens is 1. The minimum Gasteiger partial charge on any atom is -0.465 e. The minimum absolute atomic E-state index is 0.183. The molecule has 1 heterocycles. The van der Waals surface area contributed by atoms with Crippen molar-refractivity contribution >= 4 is 17.6 Å². The average Bonchev–Trinajstić information content (AvgIpc) is 2.86. The molecule has 1 aromatic carbocycles. The first-order valence-electron chi connectivity index (χ1n) is 6.45. The predicted octanol–water partition coefficient (Wildman–Crippen LogP) is 1.55. The SMILES string of the molecule is COC(=O)c1cc(NC(=O)C2NCCC2C)ccc1F. The van der Waals surface area contributed by atoms with Crippen LogP contribution >= 0.6 is 0 Å². The van der Waals surface area contributed by atoms with E-state index in [4.69, 9.17) is 0 Å². The van der Waals surface area contributed by atoms with Gasteiger partial charge >= 0.3 is 5.97 Å². The van der Waals surface area contributed by atoms with Gasteiger partial charge in [0.05, 0.1) is 18.7 Å². The molecular formula is C14H17FN2O3. The Labute approximate surface area is 116 Å². The molecule has 2 rings (SSSR count). The van der Waals surface area contributed by atoms with E-state index in [0.717, 1.165) is 19.0 Å². The quantitative estimate of drug-likeness (QED) is 0.824. The molecule has 0 aliphatic carbocycles. The van der Waals surface area contributed by atoms with Gasteiger partial charge in [0.2, 0.25) is 5.91 Å². The monoisotopic (exact) mass is 280 g/mol. The molecule has 2 unspecified atom stereocenters. The molecule has 0 spiro atoms. The van der Waals surface area contributed by atoms with Gasteiger partial charge in [0.25, 0.3) is 0 Å². The Bertz CT molecular complexity index is 533. The highest BCUT2D eigenvalue weighted by atomic mass is 19.1. The second-order valence-corrected chi connectivity index (χ2v) is 4.87. The summed E-state index contributed by atoms with van der Waals surface area (Å²) >= 11 is 0. The Morgan fingerprint density at radius 2 is 2.20 bits per heavy atom. The molecule has 1 aliphatic heterocycles. The Morgan fingerprint density at radius 1 is 1.45 bits per heavy atom. The lowest BCUT2D eigenvalue weighted by molar-refractivity contribution is -0.118. The van der Waals surface area contributed by atoms with Gasteiger partial charge in [0.15, 0.2) is 0 Å². The number of rotatable bonds is 3. The third-order valence-corrected chi connectivity index (χ3v) is 3.45. The molecule has 108 valence electrons. The Kier molecular flexibility index (Phi) is 4.34. The zero-order chi connectivity index (χ0) is 14.7. The predicted molar refractivity (Wildman–Crippen MR) is 71.9 cm³/mol. The van der Waals surface area contributed by atoms with Crippen LogP contribution in [0, 0.1) is 11.7 Å². The second-order valence-electron chi connectivity index (χ2n) is 4.87. The van der Waals surface area contributed by atoms with E-state index in [-0.39, 0.29) is 23.4 Å². The van der Waals surface area contributed by atoms with Gasteiger partial charge in [-0.3, -0.25) is 4.79 Å². The topological polar surface area (TPSA) is 67.4 Å². The molecule has 0 aromatic heterocycles. The minimum atomic E-state index is -0.772. The normalized spacial score (nSPS) is 21.6. The van der Waals surface area contributed by atoms with E-state index >= 15 is 0 Å². The molecular weight excluding hydrogens is 263 g/mol. The summed E-state index contributed by atoms with van der Waals surface area (Å²) in [5.74, 6) is -1.39. The molecule has 1 aromatic rings. The van der Waals surface area contributed by atoms with Crippen molar-refractivity contribution < 1.29 is 18.7 Å². The van der Waals surface area contributed by atoms with Crippen molar-refractivity contribution in [1.29, 1.82) is 0 Å². The zero-order valence-electron chi connectivity index (χ0n) is 11.4. The molecule has 6 heteroatoms. The maximum Gasteiger partial charge on any atom is 0.340 e. The number of amides is 1. The van der Waals surface area contributed by atoms with E-state index in [9.17, 15) is 14.0 Å². The van der Waals surface area contributed by atoms with Gasteiger partial charge in [-0.15, -0.1) is 0 Å². The standard InChI is InChI=1S/C14H17FN2O3/c1-8-5-6-16-12(8)13(18)17-9-3-4-11(15)10(7-9)14(19)20-2/h3-4,7-8,12,16H,5-6H2,1-2H3,(H,17,18). The fraction of sp³-hybridized carbons (Fsp3) is 0.429. The largest absolute Gasteiger partial charge is 0.465 e. The number of anilines is 1. The van der Waals surface area contributed by atoms with Crippen LogP contribution in [0.5, 0.6) is 0 Å². The van der Waals surface area contributed by atoms with Crippen molar-refractivity contribution in [3.63, 3.8) is 0 Å². The third-order valence-electron chi connectivity index (χ3n) is 3.45. The lowest BCUT2D eigenvalue weighted by atomic mass is 10.0. The van der Waals surface area contributed by atoms with Gasteiger partial charge in [-0.25, -0.2) is 9.18 Å². The Morgan fingerprint density at radius 3 is 2.80 bits per heavy atom. The van der Waals surface area contributed by atoms with Gasteiger partial charge in [-0.1, -0.05) is 6.92 Å². The van der Waals surface area contributed by atoms with Crippen molar-refractivity contribution in [3.05, 3.63) is 29.6 Å². The summed E-state index contributed by atoms with van der Waals surface area (Å²) in [6.45, 7) is 2.80. The molecule has 1 aliphatic rings. The van der Waals surface area contributed by atoms with Crippen LogP contribution in [0.4, 0.5) is 10.1 Å². The second kappa shape index (κ2) is 6.00. The van der Waals surface area contributed by atoms with E-state index in [1.54, 1.807) is 0 Å². The lowest BCUT2D eigenvalue weighted by Gasteiger charge is -2.15. The smallest absolute Gasteiger partial charge is 0.340 e. The zero-order valence-corrected chi connectivity index (χ0v) is 11.4. The van der Waals surface area contributed by atoms with Crippen molar-refractivity contribution in [2.45, 2.75) is 19.4 Å². The number of carbonyl (C=O) groups excluding carboxylic acids is 2. The van der Waals surface area contributed by atoms with Crippen LogP contribution in [0.15, 0.2) is 18.2 Å². The van der Waals surface area contributed by atoms with Gasteiger partial charge < -0.3 is 15.4 Å². The number of nitrogens with one attached hydrogen (secondary N) is 2. The molecule has 20 heavy (non-hydrogen) atoms. The average molecular weight is 280 g/mol. The van der Waals surface area contributed by atoms with Crippen LogP contribution < -0.4 is 10.6 Å².